The summed E-state index contributed by atoms with van der Waals surface area (Å²) in [4.78, 5) is 15.8. The second-order valence-corrected chi connectivity index (χ2v) is 14.3. The van der Waals surface area contributed by atoms with Gasteiger partial charge in [-0.1, -0.05) is 121 Å². The molecule has 0 N–H and O–H groups in total. The summed E-state index contributed by atoms with van der Waals surface area (Å²) >= 11 is 0. The van der Waals surface area contributed by atoms with Crippen LogP contribution in [0.25, 0.3) is 105 Å². The molecule has 0 bridgehead atoms. The van der Waals surface area contributed by atoms with E-state index in [4.69, 9.17) is 15.0 Å². The van der Waals surface area contributed by atoms with E-state index < -0.39 is 0 Å². The second-order valence-electron chi connectivity index (χ2n) is 14.3. The lowest BCUT2D eigenvalue weighted by atomic mass is 9.92. The van der Waals surface area contributed by atoms with E-state index in [1.54, 1.807) is 0 Å². The third kappa shape index (κ3) is 4.09. The molecular weight excluding hydrogens is 645 g/mol. The largest absolute Gasteiger partial charge is 0.296 e. The van der Waals surface area contributed by atoms with Gasteiger partial charge in [-0.2, -0.15) is 0 Å². The van der Waals surface area contributed by atoms with E-state index in [0.29, 0.717) is 0 Å². The van der Waals surface area contributed by atoms with Crippen molar-refractivity contribution >= 4 is 71.2 Å². The number of para-hydroxylation sites is 2. The fourth-order valence-electron chi connectivity index (χ4n) is 9.04. The van der Waals surface area contributed by atoms with Crippen molar-refractivity contribution in [3.63, 3.8) is 0 Å². The van der Waals surface area contributed by atoms with E-state index in [9.17, 15) is 0 Å². The van der Waals surface area contributed by atoms with Crippen molar-refractivity contribution in [1.29, 1.82) is 0 Å². The number of pyridine rings is 3. The van der Waals surface area contributed by atoms with Crippen molar-refractivity contribution in [3.05, 3.63) is 169 Å². The second kappa shape index (κ2) is 10.8. The van der Waals surface area contributed by atoms with Crippen molar-refractivity contribution in [2.75, 3.05) is 0 Å². The number of imidazole rings is 1. The summed E-state index contributed by atoms with van der Waals surface area (Å²) in [6, 6.07) is 48.0. The molecular formula is C49H30N4. The molecule has 0 spiro atoms. The SMILES string of the molecule is C1=CC2=C(CC1)c1cccc3c(-c4cc(-c5cccc6ccccc56)c5nc6c7ccccc7nc(-c7cnc8ccccc8c7)c6n5c4)ccc2c13. The zero-order valence-corrected chi connectivity index (χ0v) is 28.7. The van der Waals surface area contributed by atoms with Crippen molar-refractivity contribution < 1.29 is 0 Å². The van der Waals surface area contributed by atoms with E-state index in [1.807, 2.05) is 12.3 Å². The Morgan fingerprint density at radius 2 is 1.30 bits per heavy atom. The highest BCUT2D eigenvalue weighted by Gasteiger charge is 2.26. The van der Waals surface area contributed by atoms with Crippen LogP contribution in [-0.2, 0) is 0 Å². The maximum atomic E-state index is 5.55. The molecule has 2 aliphatic carbocycles. The lowest BCUT2D eigenvalue weighted by Crippen LogP contribution is -1.96. The number of fused-ring (bicyclic) bond motifs is 9. The van der Waals surface area contributed by atoms with Gasteiger partial charge in [-0.25, -0.2) is 9.97 Å². The van der Waals surface area contributed by atoms with Crippen LogP contribution in [0.1, 0.15) is 24.0 Å². The molecule has 4 heterocycles. The average molecular weight is 675 g/mol. The number of benzene rings is 6. The minimum absolute atomic E-state index is 0.870. The van der Waals surface area contributed by atoms with Crippen LogP contribution in [0.5, 0.6) is 0 Å². The van der Waals surface area contributed by atoms with Crippen molar-refractivity contribution in [3.8, 4) is 33.5 Å². The molecule has 0 saturated carbocycles. The molecule has 0 unspecified atom stereocenters. The molecule has 0 saturated heterocycles. The number of nitrogens with zero attached hydrogens (tertiary/aromatic N) is 4. The van der Waals surface area contributed by atoms with Gasteiger partial charge in [-0.3, -0.25) is 9.38 Å². The van der Waals surface area contributed by atoms with E-state index in [0.717, 1.165) is 79.3 Å². The highest BCUT2D eigenvalue weighted by atomic mass is 15.0. The first-order valence-electron chi connectivity index (χ1n) is 18.3. The van der Waals surface area contributed by atoms with Crippen molar-refractivity contribution in [2.45, 2.75) is 12.8 Å². The Morgan fingerprint density at radius 3 is 2.25 bits per heavy atom. The fourth-order valence-corrected chi connectivity index (χ4v) is 9.04. The summed E-state index contributed by atoms with van der Waals surface area (Å²) in [5, 5.41) is 7.15. The molecule has 0 aliphatic heterocycles. The van der Waals surface area contributed by atoms with Crippen LogP contribution < -0.4 is 0 Å². The van der Waals surface area contributed by atoms with Gasteiger partial charge in [-0.15, -0.1) is 0 Å². The standard InChI is InChI=1S/C49H30N4/c1-3-14-33-29(11-1)13-9-18-35(33)42-26-32(34-23-24-40-37-16-5-4-15-36(37)39-20-10-19-38(34)45(39)40)28-53-48-46(31-25-30-12-2-7-21-43(30)50-27-31)51-44-22-8-6-17-41(44)47(48)52-49(42)53/h1-3,5-14,16-28H,4,15H2. The highest BCUT2D eigenvalue weighted by molar-refractivity contribution is 6.19. The topological polar surface area (TPSA) is 43.1 Å². The Kier molecular flexibility index (Phi) is 5.86. The zero-order valence-electron chi connectivity index (χ0n) is 28.7. The molecule has 6 aromatic carbocycles. The molecule has 4 heteroatoms. The van der Waals surface area contributed by atoms with Gasteiger partial charge >= 0.3 is 0 Å². The van der Waals surface area contributed by atoms with Crippen LogP contribution in [0.3, 0.4) is 0 Å². The smallest absolute Gasteiger partial charge is 0.145 e. The summed E-state index contributed by atoms with van der Waals surface area (Å²) < 4.78 is 2.31. The van der Waals surface area contributed by atoms with E-state index in [1.165, 1.54) is 49.4 Å². The third-order valence-electron chi connectivity index (χ3n) is 11.4. The van der Waals surface area contributed by atoms with Gasteiger partial charge in [0.2, 0.25) is 0 Å². The van der Waals surface area contributed by atoms with Gasteiger partial charge in [0.25, 0.3) is 0 Å². The lowest BCUT2D eigenvalue weighted by molar-refractivity contribution is 1.06. The summed E-state index contributed by atoms with van der Waals surface area (Å²) in [7, 11) is 0. The molecule has 10 aromatic rings. The van der Waals surface area contributed by atoms with Gasteiger partial charge < -0.3 is 0 Å². The quantitative estimate of drug-likeness (QED) is 0.187. The van der Waals surface area contributed by atoms with Crippen LogP contribution in [0.2, 0.25) is 0 Å². The first-order valence-corrected chi connectivity index (χ1v) is 18.3. The van der Waals surface area contributed by atoms with E-state index >= 15 is 0 Å². The normalized spacial score (nSPS) is 13.7. The van der Waals surface area contributed by atoms with Crippen LogP contribution in [0.15, 0.2) is 158 Å². The molecule has 53 heavy (non-hydrogen) atoms. The molecule has 246 valence electrons. The number of aromatic nitrogens is 4. The van der Waals surface area contributed by atoms with Crippen LogP contribution in [0.4, 0.5) is 0 Å². The summed E-state index contributed by atoms with van der Waals surface area (Å²) in [5.41, 5.74) is 16.7. The van der Waals surface area contributed by atoms with E-state index in [-0.39, 0.29) is 0 Å². The van der Waals surface area contributed by atoms with Gasteiger partial charge in [0.15, 0.2) is 0 Å². The monoisotopic (exact) mass is 674 g/mol. The minimum atomic E-state index is 0.870. The molecule has 4 aromatic heterocycles. The van der Waals surface area contributed by atoms with Crippen molar-refractivity contribution in [1.82, 2.24) is 19.4 Å². The predicted octanol–water partition coefficient (Wildman–Crippen LogP) is 12.5. The van der Waals surface area contributed by atoms with Crippen molar-refractivity contribution in [2.24, 2.45) is 0 Å². The number of allylic oxidation sites excluding steroid dienone is 4. The Hall–Kier alpha value is -6.91. The summed E-state index contributed by atoms with van der Waals surface area (Å²) in [6.45, 7) is 0. The summed E-state index contributed by atoms with van der Waals surface area (Å²) in [6.07, 6.45) is 11.1. The molecule has 2 aliphatic rings. The Balaban J connectivity index is 1.23. The van der Waals surface area contributed by atoms with Gasteiger partial charge in [0.05, 0.1) is 16.7 Å². The molecule has 0 atom stereocenters. The maximum absolute atomic E-state index is 5.55. The number of hydrogen-bond donors (Lipinski definition) is 0. The predicted molar refractivity (Wildman–Crippen MR) is 220 cm³/mol. The molecule has 0 amide bonds. The van der Waals surface area contributed by atoms with Gasteiger partial charge in [0.1, 0.15) is 16.7 Å². The van der Waals surface area contributed by atoms with Gasteiger partial charge in [0, 0.05) is 34.3 Å². The molecule has 0 fully saturated rings. The van der Waals surface area contributed by atoms with E-state index in [2.05, 4.69) is 150 Å². The van der Waals surface area contributed by atoms with Crippen LogP contribution in [0, 0.1) is 0 Å². The maximum Gasteiger partial charge on any atom is 0.145 e. The molecule has 4 nitrogen and oxygen atoms in total. The molecule has 12 rings (SSSR count). The Bertz CT molecular complexity index is 3280. The fraction of sp³-hybridized carbons (Fsp3) is 0.0408. The Labute approximate surface area is 305 Å². The lowest BCUT2D eigenvalue weighted by Gasteiger charge is -2.15. The highest BCUT2D eigenvalue weighted by Crippen LogP contribution is 2.49. The third-order valence-corrected chi connectivity index (χ3v) is 11.4. The summed E-state index contributed by atoms with van der Waals surface area (Å²) in [5.74, 6) is 0. The number of rotatable bonds is 3. The number of hydrogen-bond acceptors (Lipinski definition) is 3. The first-order chi connectivity index (χ1) is 26.3. The molecule has 0 radical (unpaired) electrons. The van der Waals surface area contributed by atoms with Crippen LogP contribution >= 0.6 is 0 Å². The zero-order chi connectivity index (χ0) is 34.6. The first kappa shape index (κ1) is 28.8. The minimum Gasteiger partial charge on any atom is -0.296 e. The van der Waals surface area contributed by atoms with Gasteiger partial charge in [-0.05, 0) is 97.6 Å². The average Bonchev–Trinajstić information content (AvgIpc) is 3.77. The van der Waals surface area contributed by atoms with Crippen LogP contribution in [-0.4, -0.2) is 19.4 Å². The Morgan fingerprint density at radius 1 is 0.547 bits per heavy atom.